The SMILES string of the molecule is O=C(c1ccc2cc[nH]c2c1)N1CC(n2cc(Br)cn2)C1. The Labute approximate surface area is 129 Å². The minimum absolute atomic E-state index is 0.0778. The van der Waals surface area contributed by atoms with Gasteiger partial charge in [0.25, 0.3) is 5.91 Å². The van der Waals surface area contributed by atoms with Crippen LogP contribution in [0.4, 0.5) is 0 Å². The lowest BCUT2D eigenvalue weighted by atomic mass is 10.1. The number of aromatic amines is 1. The molecule has 0 atom stereocenters. The topological polar surface area (TPSA) is 53.9 Å². The van der Waals surface area contributed by atoms with Crippen molar-refractivity contribution in [1.29, 1.82) is 0 Å². The molecule has 3 heterocycles. The van der Waals surface area contributed by atoms with Crippen LogP contribution in [0.15, 0.2) is 47.3 Å². The van der Waals surface area contributed by atoms with Crippen molar-refractivity contribution in [3.63, 3.8) is 0 Å². The Morgan fingerprint density at radius 1 is 1.33 bits per heavy atom. The van der Waals surface area contributed by atoms with Crippen molar-refractivity contribution in [2.24, 2.45) is 0 Å². The molecule has 0 spiro atoms. The Balaban J connectivity index is 1.49. The van der Waals surface area contributed by atoms with E-state index in [0.717, 1.165) is 20.9 Å². The molecule has 1 amide bonds. The zero-order valence-electron chi connectivity index (χ0n) is 11.2. The highest BCUT2D eigenvalue weighted by Crippen LogP contribution is 2.25. The van der Waals surface area contributed by atoms with Crippen LogP contribution in [-0.2, 0) is 0 Å². The van der Waals surface area contributed by atoms with E-state index >= 15 is 0 Å². The molecule has 2 aromatic heterocycles. The first-order valence-corrected chi connectivity index (χ1v) is 7.56. The minimum Gasteiger partial charge on any atom is -0.361 e. The predicted octanol–water partition coefficient (Wildman–Crippen LogP) is 2.82. The fraction of sp³-hybridized carbons (Fsp3) is 0.200. The molecule has 1 aliphatic heterocycles. The van der Waals surface area contributed by atoms with Crippen LogP contribution in [0.1, 0.15) is 16.4 Å². The molecule has 0 unspecified atom stereocenters. The number of aromatic nitrogens is 3. The van der Waals surface area contributed by atoms with E-state index in [-0.39, 0.29) is 11.9 Å². The zero-order chi connectivity index (χ0) is 14.4. The van der Waals surface area contributed by atoms with Crippen LogP contribution in [0.2, 0.25) is 0 Å². The highest BCUT2D eigenvalue weighted by Gasteiger charge is 2.32. The van der Waals surface area contributed by atoms with Gasteiger partial charge >= 0.3 is 0 Å². The summed E-state index contributed by atoms with van der Waals surface area (Å²) in [5.41, 5.74) is 1.72. The van der Waals surface area contributed by atoms with Gasteiger partial charge in [0.15, 0.2) is 0 Å². The van der Waals surface area contributed by atoms with Crippen LogP contribution in [0.3, 0.4) is 0 Å². The molecule has 1 aromatic carbocycles. The van der Waals surface area contributed by atoms with Gasteiger partial charge in [0.05, 0.1) is 16.7 Å². The predicted molar refractivity (Wildman–Crippen MR) is 83.2 cm³/mol. The largest absolute Gasteiger partial charge is 0.361 e. The first-order chi connectivity index (χ1) is 10.2. The zero-order valence-corrected chi connectivity index (χ0v) is 12.7. The molecule has 1 saturated heterocycles. The van der Waals surface area contributed by atoms with E-state index in [4.69, 9.17) is 0 Å². The van der Waals surface area contributed by atoms with Crippen molar-refractivity contribution in [3.8, 4) is 0 Å². The Kier molecular flexibility index (Phi) is 2.85. The summed E-state index contributed by atoms with van der Waals surface area (Å²) >= 11 is 3.39. The molecule has 1 aliphatic rings. The van der Waals surface area contributed by atoms with Crippen molar-refractivity contribution in [2.45, 2.75) is 6.04 Å². The number of fused-ring (bicyclic) bond motifs is 1. The van der Waals surface area contributed by atoms with Crippen LogP contribution in [0, 0.1) is 0 Å². The molecule has 0 bridgehead atoms. The maximum Gasteiger partial charge on any atom is 0.254 e. The number of carbonyl (C=O) groups is 1. The number of hydrogen-bond acceptors (Lipinski definition) is 2. The van der Waals surface area contributed by atoms with Crippen molar-refractivity contribution in [3.05, 3.63) is 52.9 Å². The first kappa shape index (κ1) is 12.6. The normalized spacial score (nSPS) is 15.4. The number of halogens is 1. The Bertz CT molecular complexity index is 816. The average Bonchev–Trinajstić information content (AvgIpc) is 3.05. The third kappa shape index (κ3) is 2.15. The van der Waals surface area contributed by atoms with E-state index in [2.05, 4.69) is 26.0 Å². The van der Waals surface area contributed by atoms with E-state index < -0.39 is 0 Å². The molecule has 0 saturated carbocycles. The van der Waals surface area contributed by atoms with Crippen molar-refractivity contribution < 1.29 is 4.79 Å². The van der Waals surface area contributed by atoms with Gasteiger partial charge in [-0.2, -0.15) is 5.10 Å². The maximum atomic E-state index is 12.4. The number of likely N-dealkylation sites (tertiary alicyclic amines) is 1. The lowest BCUT2D eigenvalue weighted by molar-refractivity contribution is 0.0501. The summed E-state index contributed by atoms with van der Waals surface area (Å²) in [6, 6.07) is 8.04. The van der Waals surface area contributed by atoms with Crippen molar-refractivity contribution in [2.75, 3.05) is 13.1 Å². The second kappa shape index (κ2) is 4.73. The van der Waals surface area contributed by atoms with Gasteiger partial charge in [-0.05, 0) is 39.5 Å². The van der Waals surface area contributed by atoms with Gasteiger partial charge in [-0.25, -0.2) is 0 Å². The Morgan fingerprint density at radius 3 is 2.95 bits per heavy atom. The van der Waals surface area contributed by atoms with E-state index in [9.17, 15) is 4.79 Å². The quantitative estimate of drug-likeness (QED) is 0.777. The number of rotatable bonds is 2. The fourth-order valence-electron chi connectivity index (χ4n) is 2.67. The summed E-state index contributed by atoms with van der Waals surface area (Å²) in [4.78, 5) is 17.4. The Hall–Kier alpha value is -2.08. The molecule has 5 nitrogen and oxygen atoms in total. The van der Waals surface area contributed by atoms with Crippen LogP contribution in [0.25, 0.3) is 10.9 Å². The maximum absolute atomic E-state index is 12.4. The van der Waals surface area contributed by atoms with Gasteiger partial charge in [-0.15, -0.1) is 0 Å². The minimum atomic E-state index is 0.0778. The molecule has 0 aliphatic carbocycles. The molecular formula is C15H13BrN4O. The summed E-state index contributed by atoms with van der Waals surface area (Å²) in [6.45, 7) is 1.41. The smallest absolute Gasteiger partial charge is 0.254 e. The van der Waals surface area contributed by atoms with E-state index in [0.29, 0.717) is 13.1 Å². The van der Waals surface area contributed by atoms with Crippen LogP contribution in [-0.4, -0.2) is 38.7 Å². The molecular weight excluding hydrogens is 332 g/mol. The molecule has 21 heavy (non-hydrogen) atoms. The molecule has 4 rings (SSSR count). The van der Waals surface area contributed by atoms with E-state index in [1.54, 1.807) is 6.20 Å². The Morgan fingerprint density at radius 2 is 2.19 bits per heavy atom. The van der Waals surface area contributed by atoms with E-state index in [1.807, 2.05) is 46.2 Å². The van der Waals surface area contributed by atoms with Crippen molar-refractivity contribution in [1.82, 2.24) is 19.7 Å². The monoisotopic (exact) mass is 344 g/mol. The third-order valence-corrected chi connectivity index (χ3v) is 4.31. The molecule has 106 valence electrons. The molecule has 1 fully saturated rings. The number of nitrogens with zero attached hydrogens (tertiary/aromatic N) is 3. The lowest BCUT2D eigenvalue weighted by Crippen LogP contribution is -2.50. The lowest BCUT2D eigenvalue weighted by Gasteiger charge is -2.39. The summed E-state index contributed by atoms with van der Waals surface area (Å²) in [6.07, 6.45) is 5.59. The molecule has 6 heteroatoms. The first-order valence-electron chi connectivity index (χ1n) is 6.77. The fourth-order valence-corrected chi connectivity index (χ4v) is 2.97. The molecule has 0 radical (unpaired) electrons. The van der Waals surface area contributed by atoms with Gasteiger partial charge in [0, 0.05) is 36.6 Å². The van der Waals surface area contributed by atoms with Gasteiger partial charge in [0.2, 0.25) is 0 Å². The molecule has 3 aromatic rings. The number of nitrogens with one attached hydrogen (secondary N) is 1. The number of H-pyrrole nitrogens is 1. The average molecular weight is 345 g/mol. The van der Waals surface area contributed by atoms with Crippen LogP contribution < -0.4 is 0 Å². The van der Waals surface area contributed by atoms with Gasteiger partial charge in [-0.3, -0.25) is 9.48 Å². The summed E-state index contributed by atoms with van der Waals surface area (Å²) < 4.78 is 2.87. The van der Waals surface area contributed by atoms with E-state index in [1.165, 1.54) is 0 Å². The highest BCUT2D eigenvalue weighted by molar-refractivity contribution is 9.10. The number of hydrogen-bond donors (Lipinski definition) is 1. The van der Waals surface area contributed by atoms with Crippen LogP contribution in [0.5, 0.6) is 0 Å². The van der Waals surface area contributed by atoms with Gasteiger partial charge < -0.3 is 9.88 Å². The van der Waals surface area contributed by atoms with Gasteiger partial charge in [-0.1, -0.05) is 6.07 Å². The number of amides is 1. The molecule has 1 N–H and O–H groups in total. The highest BCUT2D eigenvalue weighted by atomic mass is 79.9. The third-order valence-electron chi connectivity index (χ3n) is 3.90. The second-order valence-corrected chi connectivity index (χ2v) is 6.20. The standard InChI is InChI=1S/C15H13BrN4O/c16-12-6-18-20(7-12)13-8-19(9-13)15(21)11-2-1-10-3-4-17-14(10)5-11/h1-7,13,17H,8-9H2. The summed E-state index contributed by atoms with van der Waals surface area (Å²) in [5.74, 6) is 0.0778. The van der Waals surface area contributed by atoms with Crippen molar-refractivity contribution >= 4 is 32.7 Å². The number of benzene rings is 1. The van der Waals surface area contributed by atoms with Crippen LogP contribution >= 0.6 is 15.9 Å². The number of carbonyl (C=O) groups excluding carboxylic acids is 1. The second-order valence-electron chi connectivity index (χ2n) is 5.28. The van der Waals surface area contributed by atoms with Gasteiger partial charge in [0.1, 0.15) is 0 Å². The summed E-state index contributed by atoms with van der Waals surface area (Å²) in [7, 11) is 0. The summed E-state index contributed by atoms with van der Waals surface area (Å²) in [5, 5.41) is 5.38.